The molecule has 0 radical (unpaired) electrons. The number of nitrogens with zero attached hydrogens (tertiary/aromatic N) is 1. The Morgan fingerprint density at radius 3 is 2.76 bits per heavy atom. The summed E-state index contributed by atoms with van der Waals surface area (Å²) in [6.07, 6.45) is 3.30. The highest BCUT2D eigenvalue weighted by atomic mass is 35.5. The number of hydrogen-bond acceptors (Lipinski definition) is 3. The second-order valence-corrected chi connectivity index (χ2v) is 3.97. The first kappa shape index (κ1) is 11.9. The van der Waals surface area contributed by atoms with Crippen molar-refractivity contribution in [3.63, 3.8) is 0 Å². The molecule has 2 rings (SSSR count). The Hall–Kier alpha value is -1.58. The van der Waals surface area contributed by atoms with Crippen molar-refractivity contribution in [2.75, 3.05) is 0 Å². The van der Waals surface area contributed by atoms with Crippen LogP contribution in [0.3, 0.4) is 0 Å². The van der Waals surface area contributed by atoms with Gasteiger partial charge in [-0.2, -0.15) is 0 Å². The van der Waals surface area contributed by atoms with E-state index in [0.29, 0.717) is 18.2 Å². The van der Waals surface area contributed by atoms with Gasteiger partial charge in [-0.1, -0.05) is 29.8 Å². The first-order chi connectivity index (χ1) is 8.31. The highest BCUT2D eigenvalue weighted by Gasteiger charge is 2.03. The van der Waals surface area contributed by atoms with Crippen LogP contribution in [0, 0.1) is 0 Å². The largest absolute Gasteiger partial charge is 0.489 e. The second kappa shape index (κ2) is 5.66. The van der Waals surface area contributed by atoms with Crippen molar-refractivity contribution in [1.82, 2.24) is 4.98 Å². The van der Waals surface area contributed by atoms with Gasteiger partial charge in [-0.25, -0.2) is 0 Å². The van der Waals surface area contributed by atoms with Crippen LogP contribution in [-0.4, -0.2) is 4.98 Å². The molecule has 3 nitrogen and oxygen atoms in total. The molecule has 1 heterocycles. The molecule has 0 aliphatic rings. The van der Waals surface area contributed by atoms with Gasteiger partial charge in [0.2, 0.25) is 0 Å². The third-order valence-corrected chi connectivity index (χ3v) is 2.77. The van der Waals surface area contributed by atoms with E-state index in [9.17, 15) is 0 Å². The molecule has 1 aromatic carbocycles. The first-order valence-electron chi connectivity index (χ1n) is 5.30. The second-order valence-electron chi connectivity index (χ2n) is 3.57. The third kappa shape index (κ3) is 2.96. The summed E-state index contributed by atoms with van der Waals surface area (Å²) in [6, 6.07) is 9.55. The van der Waals surface area contributed by atoms with Crippen LogP contribution in [0.25, 0.3) is 0 Å². The van der Waals surface area contributed by atoms with Crippen molar-refractivity contribution in [1.29, 1.82) is 0 Å². The Morgan fingerprint density at radius 1 is 1.18 bits per heavy atom. The fraction of sp³-hybridized carbons (Fsp3) is 0.154. The minimum Gasteiger partial charge on any atom is -0.489 e. The molecule has 0 saturated heterocycles. The number of hydrogen-bond donors (Lipinski definition) is 1. The molecule has 0 bridgehead atoms. The van der Waals surface area contributed by atoms with Gasteiger partial charge in [-0.15, -0.1) is 0 Å². The molecule has 2 aromatic rings. The van der Waals surface area contributed by atoms with Gasteiger partial charge >= 0.3 is 0 Å². The number of aromatic nitrogens is 1. The highest BCUT2D eigenvalue weighted by molar-refractivity contribution is 6.31. The van der Waals surface area contributed by atoms with E-state index in [1.165, 1.54) is 0 Å². The Balaban J connectivity index is 2.10. The molecular weight excluding hydrogens is 236 g/mol. The van der Waals surface area contributed by atoms with Crippen molar-refractivity contribution in [2.45, 2.75) is 13.2 Å². The molecule has 2 N–H and O–H groups in total. The lowest BCUT2D eigenvalue weighted by molar-refractivity contribution is 0.303. The summed E-state index contributed by atoms with van der Waals surface area (Å²) in [5, 5.41) is 0.609. The number of halogens is 1. The molecule has 1 aromatic heterocycles. The van der Waals surface area contributed by atoms with E-state index >= 15 is 0 Å². The fourth-order valence-electron chi connectivity index (χ4n) is 1.49. The Kier molecular flexibility index (Phi) is 3.96. The van der Waals surface area contributed by atoms with Crippen LogP contribution >= 0.6 is 11.6 Å². The molecule has 0 amide bonds. The molecular formula is C13H13ClN2O. The highest BCUT2D eigenvalue weighted by Crippen LogP contribution is 2.20. The van der Waals surface area contributed by atoms with Gasteiger partial charge in [0.05, 0.1) is 5.02 Å². The van der Waals surface area contributed by atoms with Gasteiger partial charge in [-0.05, 0) is 12.1 Å². The number of ether oxygens (including phenoxy) is 1. The van der Waals surface area contributed by atoms with Crippen molar-refractivity contribution in [3.05, 3.63) is 58.9 Å². The number of rotatable bonds is 4. The standard InChI is InChI=1S/C13H13ClN2O/c14-12-8-16-6-5-11(12)9-17-13-4-2-1-3-10(13)7-15/h1-6,8H,7,9,15H2. The molecule has 17 heavy (non-hydrogen) atoms. The van der Waals surface area contributed by atoms with Crippen LogP contribution in [0.1, 0.15) is 11.1 Å². The Labute approximate surface area is 105 Å². The van der Waals surface area contributed by atoms with Crippen molar-refractivity contribution in [3.8, 4) is 5.75 Å². The zero-order valence-corrected chi connectivity index (χ0v) is 10.0. The minimum absolute atomic E-state index is 0.415. The van der Waals surface area contributed by atoms with Gasteiger partial charge in [-0.3, -0.25) is 4.98 Å². The van der Waals surface area contributed by atoms with Gasteiger partial charge < -0.3 is 10.5 Å². The van der Waals surface area contributed by atoms with E-state index in [1.54, 1.807) is 12.4 Å². The summed E-state index contributed by atoms with van der Waals surface area (Å²) in [4.78, 5) is 3.93. The molecule has 0 fully saturated rings. The minimum atomic E-state index is 0.415. The molecule has 0 atom stereocenters. The first-order valence-corrected chi connectivity index (χ1v) is 5.68. The van der Waals surface area contributed by atoms with Gasteiger partial charge in [0.25, 0.3) is 0 Å². The molecule has 4 heteroatoms. The van der Waals surface area contributed by atoms with Crippen LogP contribution in [0.15, 0.2) is 42.7 Å². The summed E-state index contributed by atoms with van der Waals surface area (Å²) < 4.78 is 5.70. The van der Waals surface area contributed by atoms with Crippen LogP contribution in [0.2, 0.25) is 5.02 Å². The average Bonchev–Trinajstić information content (AvgIpc) is 2.38. The Morgan fingerprint density at radius 2 is 2.00 bits per heavy atom. The smallest absolute Gasteiger partial charge is 0.124 e. The number of para-hydroxylation sites is 1. The van der Waals surface area contributed by atoms with Crippen LogP contribution in [0.4, 0.5) is 0 Å². The Bertz CT molecular complexity index is 502. The fourth-order valence-corrected chi connectivity index (χ4v) is 1.66. The molecule has 0 spiro atoms. The normalized spacial score (nSPS) is 10.2. The molecule has 0 unspecified atom stereocenters. The predicted molar refractivity (Wildman–Crippen MR) is 67.9 cm³/mol. The zero-order valence-electron chi connectivity index (χ0n) is 9.27. The van der Waals surface area contributed by atoms with E-state index in [2.05, 4.69) is 4.98 Å². The number of pyridine rings is 1. The van der Waals surface area contributed by atoms with E-state index in [-0.39, 0.29) is 0 Å². The van der Waals surface area contributed by atoms with Crippen LogP contribution in [0.5, 0.6) is 5.75 Å². The van der Waals surface area contributed by atoms with E-state index in [0.717, 1.165) is 16.9 Å². The summed E-state index contributed by atoms with van der Waals surface area (Å²) >= 11 is 6.00. The molecule has 0 aliphatic heterocycles. The quantitative estimate of drug-likeness (QED) is 0.905. The SMILES string of the molecule is NCc1ccccc1OCc1ccncc1Cl. The summed E-state index contributed by atoms with van der Waals surface area (Å²) in [5.41, 5.74) is 7.53. The molecule has 0 saturated carbocycles. The topological polar surface area (TPSA) is 48.1 Å². The van der Waals surface area contributed by atoms with Gasteiger partial charge in [0.15, 0.2) is 0 Å². The zero-order chi connectivity index (χ0) is 12.1. The van der Waals surface area contributed by atoms with Crippen molar-refractivity contribution >= 4 is 11.6 Å². The average molecular weight is 249 g/mol. The van der Waals surface area contributed by atoms with Crippen molar-refractivity contribution in [2.24, 2.45) is 5.73 Å². The van der Waals surface area contributed by atoms with Crippen LogP contribution < -0.4 is 10.5 Å². The maximum atomic E-state index is 6.00. The molecule has 88 valence electrons. The van der Waals surface area contributed by atoms with Crippen molar-refractivity contribution < 1.29 is 4.74 Å². The number of benzene rings is 1. The predicted octanol–water partition coefficient (Wildman–Crippen LogP) is 2.77. The summed E-state index contributed by atoms with van der Waals surface area (Å²) in [6.45, 7) is 0.874. The van der Waals surface area contributed by atoms with E-state index in [4.69, 9.17) is 22.1 Å². The lowest BCUT2D eigenvalue weighted by Gasteiger charge is -2.10. The van der Waals surface area contributed by atoms with Gasteiger partial charge in [0, 0.05) is 30.1 Å². The van der Waals surface area contributed by atoms with E-state index in [1.807, 2.05) is 30.3 Å². The van der Waals surface area contributed by atoms with E-state index < -0.39 is 0 Å². The monoisotopic (exact) mass is 248 g/mol. The lowest BCUT2D eigenvalue weighted by atomic mass is 10.2. The third-order valence-electron chi connectivity index (χ3n) is 2.43. The molecule has 0 aliphatic carbocycles. The maximum Gasteiger partial charge on any atom is 0.124 e. The van der Waals surface area contributed by atoms with Gasteiger partial charge in [0.1, 0.15) is 12.4 Å². The maximum absolute atomic E-state index is 6.00. The number of nitrogens with two attached hydrogens (primary N) is 1. The van der Waals surface area contributed by atoms with Crippen LogP contribution in [-0.2, 0) is 13.2 Å². The summed E-state index contributed by atoms with van der Waals surface area (Å²) in [7, 11) is 0. The summed E-state index contributed by atoms with van der Waals surface area (Å²) in [5.74, 6) is 0.794. The lowest BCUT2D eigenvalue weighted by Crippen LogP contribution is -2.02.